The minimum Gasteiger partial charge on any atom is -0.475 e. The molecule has 3 N–H and O–H groups in total. The Hall–Kier alpha value is -3.18. The number of aromatic nitrogens is 4. The summed E-state index contributed by atoms with van der Waals surface area (Å²) in [4.78, 5) is 13.4. The molecule has 166 valence electrons. The molecule has 1 aliphatic rings. The average molecular weight is 436 g/mol. The number of benzene rings is 1. The molecule has 1 aromatic carbocycles. The highest BCUT2D eigenvalue weighted by Crippen LogP contribution is 2.15. The van der Waals surface area contributed by atoms with Gasteiger partial charge >= 0.3 is 12.1 Å². The number of fused-ring (bicyclic) bond motifs is 1. The van der Waals surface area contributed by atoms with Crippen LogP contribution >= 0.6 is 0 Å². The molecule has 1 aliphatic heterocycles. The largest absolute Gasteiger partial charge is 0.490 e. The maximum atomic E-state index is 10.6. The van der Waals surface area contributed by atoms with E-state index in [2.05, 4.69) is 60.3 Å². The number of hydrogen-bond donors (Lipinski definition) is 3. The molecule has 1 atom stereocenters. The van der Waals surface area contributed by atoms with Crippen LogP contribution in [-0.2, 0) is 24.4 Å². The van der Waals surface area contributed by atoms with Crippen LogP contribution in [0.25, 0.3) is 5.69 Å². The fourth-order valence-electron chi connectivity index (χ4n) is 3.25. The molecule has 0 amide bonds. The number of carboxylic acids is 1. The van der Waals surface area contributed by atoms with Crippen LogP contribution in [-0.4, -0.2) is 49.2 Å². The van der Waals surface area contributed by atoms with Gasteiger partial charge in [-0.25, -0.2) is 9.78 Å². The highest BCUT2D eigenvalue weighted by Gasteiger charge is 2.38. The lowest BCUT2D eigenvalue weighted by molar-refractivity contribution is -0.192. The number of aryl methyl sites for hydroxylation is 1. The highest BCUT2D eigenvalue weighted by atomic mass is 19.4. The van der Waals surface area contributed by atoms with Crippen LogP contribution in [0.15, 0.2) is 48.8 Å². The Labute approximate surface area is 176 Å². The van der Waals surface area contributed by atoms with Gasteiger partial charge in [0.1, 0.15) is 5.82 Å². The van der Waals surface area contributed by atoms with Crippen molar-refractivity contribution in [1.29, 1.82) is 0 Å². The summed E-state index contributed by atoms with van der Waals surface area (Å²) in [5.74, 6) is -1.75. The van der Waals surface area contributed by atoms with Gasteiger partial charge in [-0.1, -0.05) is 18.2 Å². The summed E-state index contributed by atoms with van der Waals surface area (Å²) < 4.78 is 36.0. The number of aliphatic carboxylic acids is 1. The second-order valence-corrected chi connectivity index (χ2v) is 6.98. The summed E-state index contributed by atoms with van der Waals surface area (Å²) in [5, 5.41) is 18.7. The molecule has 11 heteroatoms. The van der Waals surface area contributed by atoms with E-state index in [1.807, 2.05) is 25.4 Å². The molecule has 8 nitrogen and oxygen atoms in total. The monoisotopic (exact) mass is 436 g/mol. The van der Waals surface area contributed by atoms with Gasteiger partial charge in [-0.15, -0.1) is 0 Å². The van der Waals surface area contributed by atoms with Crippen molar-refractivity contribution in [2.45, 2.75) is 38.8 Å². The minimum atomic E-state index is -5.08. The molecule has 0 saturated heterocycles. The van der Waals surface area contributed by atoms with Gasteiger partial charge in [0.25, 0.3) is 0 Å². The number of carbonyl (C=O) groups is 1. The smallest absolute Gasteiger partial charge is 0.475 e. The third-order valence-corrected chi connectivity index (χ3v) is 4.73. The Morgan fingerprint density at radius 2 is 2.00 bits per heavy atom. The molecule has 3 heterocycles. The van der Waals surface area contributed by atoms with E-state index in [9.17, 15) is 13.2 Å². The van der Waals surface area contributed by atoms with Crippen molar-refractivity contribution >= 4 is 5.97 Å². The normalized spacial score (nSPS) is 16.1. The zero-order chi connectivity index (χ0) is 22.4. The van der Waals surface area contributed by atoms with Crippen LogP contribution in [0.4, 0.5) is 13.2 Å². The number of carboxylic acid groups (broad SMARTS) is 1. The van der Waals surface area contributed by atoms with Gasteiger partial charge < -0.3 is 15.7 Å². The van der Waals surface area contributed by atoms with Gasteiger partial charge in [-0.05, 0) is 25.1 Å². The SMILES string of the molecule is Cc1ncc(CNC2CNCc3ccnn3C2)n1-c1ccccc1.O=C(O)C(F)(F)F. The predicted octanol–water partition coefficient (Wildman–Crippen LogP) is 2.27. The molecule has 1 unspecified atom stereocenters. The molecular formula is C20H23F3N6O2. The Morgan fingerprint density at radius 1 is 1.29 bits per heavy atom. The Balaban J connectivity index is 0.000000339. The quantitative estimate of drug-likeness (QED) is 0.581. The standard InChI is InChI=1S/C18H22N6.C2HF3O2/c1-14-20-11-18(24(14)16-5-3-2-4-6-16)12-21-15-9-19-10-17-7-8-22-23(17)13-15;3-2(4,5)1(6)7/h2-8,11,15,19,21H,9-10,12-13H2,1H3;(H,6,7). The fourth-order valence-corrected chi connectivity index (χ4v) is 3.25. The fraction of sp³-hybridized carbons (Fsp3) is 0.350. The van der Waals surface area contributed by atoms with E-state index in [1.54, 1.807) is 0 Å². The summed E-state index contributed by atoms with van der Waals surface area (Å²) in [6.07, 6.45) is -1.26. The number of nitrogens with one attached hydrogen (secondary N) is 2. The lowest BCUT2D eigenvalue weighted by Gasteiger charge is -2.18. The molecule has 0 fully saturated rings. The summed E-state index contributed by atoms with van der Waals surface area (Å²) in [7, 11) is 0. The van der Waals surface area contributed by atoms with Crippen LogP contribution in [0, 0.1) is 6.92 Å². The van der Waals surface area contributed by atoms with Crippen LogP contribution in [0.5, 0.6) is 0 Å². The van der Waals surface area contributed by atoms with Crippen LogP contribution in [0.2, 0.25) is 0 Å². The maximum absolute atomic E-state index is 10.6. The van der Waals surface area contributed by atoms with E-state index in [4.69, 9.17) is 9.90 Å². The second kappa shape index (κ2) is 9.75. The Kier molecular flexibility index (Phi) is 7.08. The van der Waals surface area contributed by atoms with Crippen molar-refractivity contribution in [3.05, 3.63) is 66.0 Å². The predicted molar refractivity (Wildman–Crippen MR) is 107 cm³/mol. The molecule has 0 bridgehead atoms. The molecule has 0 radical (unpaired) electrons. The maximum Gasteiger partial charge on any atom is 0.490 e. The zero-order valence-electron chi connectivity index (χ0n) is 16.8. The third-order valence-electron chi connectivity index (χ3n) is 4.73. The summed E-state index contributed by atoms with van der Waals surface area (Å²) in [6.45, 7) is 5.51. The number of halogens is 3. The van der Waals surface area contributed by atoms with Gasteiger partial charge in [0, 0.05) is 37.6 Å². The molecule has 0 saturated carbocycles. The summed E-state index contributed by atoms with van der Waals surface area (Å²) in [5.41, 5.74) is 3.56. The topological polar surface area (TPSA) is 97.0 Å². The van der Waals surface area contributed by atoms with E-state index in [0.29, 0.717) is 6.04 Å². The Bertz CT molecular complexity index is 1000. The zero-order valence-corrected chi connectivity index (χ0v) is 16.8. The van der Waals surface area contributed by atoms with Crippen molar-refractivity contribution in [2.75, 3.05) is 6.54 Å². The van der Waals surface area contributed by atoms with Crippen molar-refractivity contribution in [3.63, 3.8) is 0 Å². The van der Waals surface area contributed by atoms with Crippen molar-refractivity contribution in [2.24, 2.45) is 0 Å². The first kappa shape index (κ1) is 22.5. The molecule has 0 spiro atoms. The summed E-state index contributed by atoms with van der Waals surface area (Å²) >= 11 is 0. The van der Waals surface area contributed by atoms with Crippen LogP contribution < -0.4 is 10.6 Å². The van der Waals surface area contributed by atoms with E-state index >= 15 is 0 Å². The number of nitrogens with zero attached hydrogens (tertiary/aromatic N) is 4. The number of alkyl halides is 3. The van der Waals surface area contributed by atoms with E-state index in [1.165, 1.54) is 11.4 Å². The number of imidazole rings is 1. The lowest BCUT2D eigenvalue weighted by atomic mass is 10.2. The first-order chi connectivity index (χ1) is 14.8. The van der Waals surface area contributed by atoms with Gasteiger partial charge in [-0.3, -0.25) is 9.25 Å². The van der Waals surface area contributed by atoms with Gasteiger partial charge in [0.2, 0.25) is 0 Å². The first-order valence-electron chi connectivity index (χ1n) is 9.59. The van der Waals surface area contributed by atoms with E-state index in [0.717, 1.165) is 37.7 Å². The Morgan fingerprint density at radius 3 is 2.68 bits per heavy atom. The van der Waals surface area contributed by atoms with Crippen molar-refractivity contribution < 1.29 is 23.1 Å². The molecule has 0 aliphatic carbocycles. The number of para-hydroxylation sites is 1. The molecule has 4 rings (SSSR count). The highest BCUT2D eigenvalue weighted by molar-refractivity contribution is 5.73. The number of rotatable bonds is 4. The average Bonchev–Trinajstić information content (AvgIpc) is 3.27. The molecule has 2 aromatic heterocycles. The van der Waals surface area contributed by atoms with E-state index < -0.39 is 12.1 Å². The van der Waals surface area contributed by atoms with Gasteiger partial charge in [0.05, 0.1) is 24.1 Å². The van der Waals surface area contributed by atoms with Crippen LogP contribution in [0.3, 0.4) is 0 Å². The molecular weight excluding hydrogens is 413 g/mol. The molecule has 3 aromatic rings. The summed E-state index contributed by atoms with van der Waals surface area (Å²) in [6, 6.07) is 12.8. The first-order valence-corrected chi connectivity index (χ1v) is 9.59. The third kappa shape index (κ3) is 5.92. The second-order valence-electron chi connectivity index (χ2n) is 6.98. The van der Waals surface area contributed by atoms with Crippen molar-refractivity contribution in [3.8, 4) is 5.69 Å². The molecule has 31 heavy (non-hydrogen) atoms. The minimum absolute atomic E-state index is 0.338. The van der Waals surface area contributed by atoms with Crippen LogP contribution in [0.1, 0.15) is 17.2 Å². The number of hydrogen-bond acceptors (Lipinski definition) is 5. The van der Waals surface area contributed by atoms with Gasteiger partial charge in [0.15, 0.2) is 0 Å². The van der Waals surface area contributed by atoms with E-state index in [-0.39, 0.29) is 0 Å². The van der Waals surface area contributed by atoms with Gasteiger partial charge in [-0.2, -0.15) is 18.3 Å². The lowest BCUT2D eigenvalue weighted by Crippen LogP contribution is -2.39. The van der Waals surface area contributed by atoms with Crippen molar-refractivity contribution in [1.82, 2.24) is 30.0 Å².